The average molecular weight is 196 g/mol. The lowest BCUT2D eigenvalue weighted by Crippen LogP contribution is -2.25. The van der Waals surface area contributed by atoms with E-state index in [0.29, 0.717) is 5.69 Å². The number of carbonyl (C=O) groups excluding carboxylic acids is 1. The van der Waals surface area contributed by atoms with Gasteiger partial charge < -0.3 is 9.84 Å². The molecule has 0 spiro atoms. The summed E-state index contributed by atoms with van der Waals surface area (Å²) in [5.74, 6) is -0.627. The van der Waals surface area contributed by atoms with Crippen molar-refractivity contribution >= 4 is 5.97 Å². The van der Waals surface area contributed by atoms with Crippen LogP contribution >= 0.6 is 0 Å². The Hall–Kier alpha value is -1.49. The molecule has 1 aromatic rings. The van der Waals surface area contributed by atoms with E-state index in [0.717, 1.165) is 0 Å². The van der Waals surface area contributed by atoms with Gasteiger partial charge in [0, 0.05) is 12.6 Å². The van der Waals surface area contributed by atoms with E-state index >= 15 is 0 Å². The van der Waals surface area contributed by atoms with Crippen molar-refractivity contribution in [1.29, 1.82) is 0 Å². The highest BCUT2D eigenvalue weighted by molar-refractivity contribution is 5.74. The molecular weight excluding hydrogens is 184 g/mol. The highest BCUT2D eigenvalue weighted by Crippen LogP contribution is 1.99. The zero-order valence-electron chi connectivity index (χ0n) is 7.88. The Morgan fingerprint density at radius 2 is 2.50 bits per heavy atom. The minimum atomic E-state index is -1.16. The molecule has 0 aliphatic heterocycles. The molecule has 0 saturated carbocycles. The van der Waals surface area contributed by atoms with E-state index < -0.39 is 12.1 Å². The van der Waals surface area contributed by atoms with Crippen LogP contribution < -0.4 is 0 Å². The van der Waals surface area contributed by atoms with Crippen LogP contribution in [-0.4, -0.2) is 34.0 Å². The van der Waals surface area contributed by atoms with Crippen LogP contribution in [-0.2, 0) is 16.0 Å². The van der Waals surface area contributed by atoms with Gasteiger partial charge in [-0.2, -0.15) is 10.2 Å². The van der Waals surface area contributed by atoms with Gasteiger partial charge >= 0.3 is 5.97 Å². The van der Waals surface area contributed by atoms with Gasteiger partial charge in [0.2, 0.25) is 0 Å². The summed E-state index contributed by atoms with van der Waals surface area (Å²) in [4.78, 5) is 11.0. The maximum absolute atomic E-state index is 11.0. The van der Waals surface area contributed by atoms with E-state index in [-0.39, 0.29) is 13.0 Å². The van der Waals surface area contributed by atoms with Crippen LogP contribution in [0.2, 0.25) is 0 Å². The molecule has 0 aromatic carbocycles. The Balaban J connectivity index is 2.49. The quantitative estimate of drug-likeness (QED) is 0.683. The number of carbonyl (C=O) groups is 1. The summed E-state index contributed by atoms with van der Waals surface area (Å²) < 4.78 is 4.64. The number of rotatable bonds is 4. The molecule has 0 radical (unpaired) electrons. The third-order valence-corrected chi connectivity index (χ3v) is 1.59. The fourth-order valence-electron chi connectivity index (χ4n) is 0.962. The summed E-state index contributed by atoms with van der Waals surface area (Å²) in [6.07, 6.45) is 0.499. The molecule has 0 amide bonds. The predicted octanol–water partition coefficient (Wildman–Crippen LogP) is -0.0569. The summed E-state index contributed by atoms with van der Waals surface area (Å²) in [7, 11) is 0. The highest BCUT2D eigenvalue weighted by atomic mass is 16.5. The summed E-state index contributed by atoms with van der Waals surface area (Å²) in [6, 6.07) is 3.38. The fourth-order valence-corrected chi connectivity index (χ4v) is 0.962. The molecule has 1 rings (SSSR count). The van der Waals surface area contributed by atoms with Gasteiger partial charge in [-0.25, -0.2) is 4.79 Å². The molecule has 0 aliphatic rings. The molecule has 5 nitrogen and oxygen atoms in total. The molecule has 14 heavy (non-hydrogen) atoms. The van der Waals surface area contributed by atoms with Crippen molar-refractivity contribution in [3.8, 4) is 0 Å². The molecule has 1 aromatic heterocycles. The maximum atomic E-state index is 11.0. The van der Waals surface area contributed by atoms with E-state index in [9.17, 15) is 9.90 Å². The second-order valence-electron chi connectivity index (χ2n) is 2.69. The lowest BCUT2D eigenvalue weighted by Gasteiger charge is -2.07. The summed E-state index contributed by atoms with van der Waals surface area (Å²) in [5, 5.41) is 16.7. The number of ether oxygens (including phenoxy) is 1. The van der Waals surface area contributed by atoms with Gasteiger partial charge in [-0.3, -0.25) is 0 Å². The van der Waals surface area contributed by atoms with Crippen LogP contribution in [0, 0.1) is 0 Å². The number of hydrogen-bond acceptors (Lipinski definition) is 5. The number of nitrogens with zero attached hydrogens (tertiary/aromatic N) is 2. The van der Waals surface area contributed by atoms with Crippen LogP contribution in [0.3, 0.4) is 0 Å². The van der Waals surface area contributed by atoms with Gasteiger partial charge in [0.25, 0.3) is 0 Å². The van der Waals surface area contributed by atoms with Crippen molar-refractivity contribution in [3.63, 3.8) is 0 Å². The van der Waals surface area contributed by atoms with Crippen molar-refractivity contribution in [2.24, 2.45) is 0 Å². The molecule has 0 saturated heterocycles. The minimum absolute atomic E-state index is 0.132. The number of aromatic nitrogens is 2. The summed E-state index contributed by atoms with van der Waals surface area (Å²) in [6.45, 7) is 1.95. The van der Waals surface area contributed by atoms with Gasteiger partial charge in [-0.15, -0.1) is 0 Å². The van der Waals surface area contributed by atoms with Gasteiger partial charge in [0.15, 0.2) is 6.10 Å². The molecule has 1 unspecified atom stereocenters. The zero-order valence-corrected chi connectivity index (χ0v) is 7.88. The predicted molar refractivity (Wildman–Crippen MR) is 48.4 cm³/mol. The standard InChI is InChI=1S/C9H12N2O3/c1-2-14-9(13)8(12)6-7-4-3-5-10-11-7/h3-5,8,12H,2,6H2,1H3. The van der Waals surface area contributed by atoms with E-state index in [1.165, 1.54) is 6.20 Å². The SMILES string of the molecule is CCOC(=O)C(O)Cc1cccnn1. The van der Waals surface area contributed by atoms with E-state index in [1.54, 1.807) is 19.1 Å². The molecule has 1 atom stereocenters. The molecule has 1 N–H and O–H groups in total. The molecule has 0 bridgehead atoms. The van der Waals surface area contributed by atoms with Crippen molar-refractivity contribution in [2.45, 2.75) is 19.4 Å². The molecule has 5 heteroatoms. The summed E-state index contributed by atoms with van der Waals surface area (Å²) in [5.41, 5.74) is 0.563. The lowest BCUT2D eigenvalue weighted by molar-refractivity contribution is -0.152. The normalized spacial score (nSPS) is 12.1. The molecular formula is C9H12N2O3. The van der Waals surface area contributed by atoms with Gasteiger partial charge in [-0.1, -0.05) is 0 Å². The second kappa shape index (κ2) is 5.29. The Labute approximate surface area is 81.7 Å². The number of aliphatic hydroxyl groups excluding tert-OH is 1. The van der Waals surface area contributed by atoms with Crippen molar-refractivity contribution in [1.82, 2.24) is 10.2 Å². The number of hydrogen-bond donors (Lipinski definition) is 1. The highest BCUT2D eigenvalue weighted by Gasteiger charge is 2.17. The third-order valence-electron chi connectivity index (χ3n) is 1.59. The topological polar surface area (TPSA) is 72.3 Å². The zero-order chi connectivity index (χ0) is 10.4. The third kappa shape index (κ3) is 3.10. The molecule has 0 aliphatic carbocycles. The lowest BCUT2D eigenvalue weighted by atomic mass is 10.2. The first kappa shape index (κ1) is 10.6. The van der Waals surface area contributed by atoms with Crippen molar-refractivity contribution in [2.75, 3.05) is 6.61 Å². The molecule has 76 valence electrons. The second-order valence-corrected chi connectivity index (χ2v) is 2.69. The molecule has 1 heterocycles. The van der Waals surface area contributed by atoms with Gasteiger partial charge in [-0.05, 0) is 19.1 Å². The Kier molecular flexibility index (Phi) is 4.00. The van der Waals surface area contributed by atoms with Crippen molar-refractivity contribution in [3.05, 3.63) is 24.0 Å². The fraction of sp³-hybridized carbons (Fsp3) is 0.444. The van der Waals surface area contributed by atoms with Crippen LogP contribution in [0.5, 0.6) is 0 Å². The smallest absolute Gasteiger partial charge is 0.335 e. The van der Waals surface area contributed by atoms with Crippen LogP contribution in [0.4, 0.5) is 0 Å². The molecule has 0 fully saturated rings. The van der Waals surface area contributed by atoms with Crippen LogP contribution in [0.15, 0.2) is 18.3 Å². The Morgan fingerprint density at radius 3 is 3.07 bits per heavy atom. The van der Waals surface area contributed by atoms with Gasteiger partial charge in [0.05, 0.1) is 12.3 Å². The van der Waals surface area contributed by atoms with Crippen LogP contribution in [0.25, 0.3) is 0 Å². The largest absolute Gasteiger partial charge is 0.464 e. The van der Waals surface area contributed by atoms with Crippen molar-refractivity contribution < 1.29 is 14.6 Å². The van der Waals surface area contributed by atoms with Crippen LogP contribution in [0.1, 0.15) is 12.6 Å². The first-order valence-corrected chi connectivity index (χ1v) is 4.35. The monoisotopic (exact) mass is 196 g/mol. The minimum Gasteiger partial charge on any atom is -0.464 e. The van der Waals surface area contributed by atoms with E-state index in [4.69, 9.17) is 0 Å². The average Bonchev–Trinajstić information content (AvgIpc) is 2.19. The number of aliphatic hydroxyl groups is 1. The Morgan fingerprint density at radius 1 is 1.71 bits per heavy atom. The number of esters is 1. The first-order chi connectivity index (χ1) is 6.74. The Bertz CT molecular complexity index is 289. The maximum Gasteiger partial charge on any atom is 0.335 e. The van der Waals surface area contributed by atoms with Gasteiger partial charge in [0.1, 0.15) is 0 Å². The van der Waals surface area contributed by atoms with E-state index in [2.05, 4.69) is 14.9 Å². The van der Waals surface area contributed by atoms with E-state index in [1.807, 2.05) is 0 Å². The summed E-state index contributed by atoms with van der Waals surface area (Å²) >= 11 is 0. The first-order valence-electron chi connectivity index (χ1n) is 4.35.